The summed E-state index contributed by atoms with van der Waals surface area (Å²) in [6.45, 7) is 10.3. The van der Waals surface area contributed by atoms with Gasteiger partial charge in [0, 0.05) is 18.2 Å². The molecule has 1 aliphatic heterocycles. The van der Waals surface area contributed by atoms with E-state index >= 15 is 0 Å². The second-order valence-corrected chi connectivity index (χ2v) is 14.2. The number of hydrogen-bond donors (Lipinski definition) is 3. The first-order chi connectivity index (χ1) is 20.5. The van der Waals surface area contributed by atoms with Crippen LogP contribution in [0.3, 0.4) is 0 Å². The molecule has 2 aliphatic carbocycles. The number of rotatable bonds is 10. The minimum absolute atomic E-state index is 0.0408. The number of carbonyl (C=O) groups excluding carboxylic acids is 4. The standard InChI is InChI=1S/C33H53N5O5/c1-6-21(2)27(32(42)38-19-17-23-14-10-11-15-24(23)28(38)31(41)37-33(3,4)5)36-29(39)25(20-22-12-8-7-9-13-22)35-30(40)26-16-18-34-43-26/h16,18,21-25,27-28H,6-15,17,19-20H2,1-5H3,(H,35,40)(H,36,39)(H,37,41)/t21-,23+,24+,25-,27-,28-/m0/s1. The van der Waals surface area contributed by atoms with Gasteiger partial charge in [-0.05, 0) is 63.7 Å². The van der Waals surface area contributed by atoms with Crippen molar-refractivity contribution in [3.05, 3.63) is 18.0 Å². The normalized spacial score (nSPS) is 25.1. The Balaban J connectivity index is 1.57. The summed E-state index contributed by atoms with van der Waals surface area (Å²) < 4.78 is 5.04. The molecule has 0 spiro atoms. The second-order valence-electron chi connectivity index (χ2n) is 14.2. The molecule has 0 aromatic carbocycles. The lowest BCUT2D eigenvalue weighted by molar-refractivity contribution is -0.152. The fourth-order valence-corrected chi connectivity index (χ4v) is 7.38. The average molecular weight is 600 g/mol. The van der Waals surface area contributed by atoms with Gasteiger partial charge in [0.15, 0.2) is 0 Å². The number of fused-ring (bicyclic) bond motifs is 1. The first-order valence-corrected chi connectivity index (χ1v) is 16.6. The van der Waals surface area contributed by atoms with Crippen LogP contribution in [0.4, 0.5) is 0 Å². The lowest BCUT2D eigenvalue weighted by Gasteiger charge is -2.48. The molecule has 6 atom stereocenters. The summed E-state index contributed by atoms with van der Waals surface area (Å²) in [7, 11) is 0. The van der Waals surface area contributed by atoms with Gasteiger partial charge in [-0.3, -0.25) is 19.2 Å². The van der Waals surface area contributed by atoms with E-state index in [9.17, 15) is 19.2 Å². The third-order valence-electron chi connectivity index (χ3n) is 9.85. The van der Waals surface area contributed by atoms with Crippen LogP contribution in [0, 0.1) is 23.7 Å². The Bertz CT molecular complexity index is 1090. The number of amides is 4. The number of piperidine rings is 1. The van der Waals surface area contributed by atoms with E-state index in [0.29, 0.717) is 31.2 Å². The molecule has 4 amide bonds. The fourth-order valence-electron chi connectivity index (χ4n) is 7.38. The number of aromatic nitrogens is 1. The summed E-state index contributed by atoms with van der Waals surface area (Å²) in [5.41, 5.74) is -0.425. The number of nitrogens with zero attached hydrogens (tertiary/aromatic N) is 2. The molecule has 1 saturated heterocycles. The summed E-state index contributed by atoms with van der Waals surface area (Å²) in [6, 6.07) is -0.713. The van der Waals surface area contributed by atoms with Gasteiger partial charge in [-0.2, -0.15) is 0 Å². The highest BCUT2D eigenvalue weighted by atomic mass is 16.5. The van der Waals surface area contributed by atoms with Crippen LogP contribution in [-0.4, -0.2) is 63.9 Å². The van der Waals surface area contributed by atoms with Crippen LogP contribution < -0.4 is 16.0 Å². The van der Waals surface area contributed by atoms with Gasteiger partial charge in [-0.25, -0.2) is 0 Å². The summed E-state index contributed by atoms with van der Waals surface area (Å²) >= 11 is 0. The maximum Gasteiger partial charge on any atom is 0.290 e. The van der Waals surface area contributed by atoms with Gasteiger partial charge in [-0.1, -0.05) is 76.8 Å². The Hall–Kier alpha value is -2.91. The van der Waals surface area contributed by atoms with E-state index in [4.69, 9.17) is 4.52 Å². The molecule has 3 N–H and O–H groups in total. The van der Waals surface area contributed by atoms with Crippen molar-refractivity contribution in [2.24, 2.45) is 23.7 Å². The number of nitrogens with one attached hydrogen (secondary N) is 3. The minimum atomic E-state index is -0.816. The second kappa shape index (κ2) is 14.7. The van der Waals surface area contributed by atoms with Gasteiger partial charge in [0.1, 0.15) is 18.1 Å². The fraction of sp³-hybridized carbons (Fsp3) is 0.788. The van der Waals surface area contributed by atoms with E-state index < -0.39 is 29.6 Å². The molecule has 0 bridgehead atoms. The molecule has 240 valence electrons. The van der Waals surface area contributed by atoms with Crippen molar-refractivity contribution < 1.29 is 23.7 Å². The number of carbonyl (C=O) groups is 4. The van der Waals surface area contributed by atoms with Crippen molar-refractivity contribution in [1.82, 2.24) is 26.0 Å². The van der Waals surface area contributed by atoms with Gasteiger partial charge < -0.3 is 25.4 Å². The molecule has 10 nitrogen and oxygen atoms in total. The maximum absolute atomic E-state index is 14.4. The predicted octanol–water partition coefficient (Wildman–Crippen LogP) is 4.60. The van der Waals surface area contributed by atoms with E-state index in [1.54, 1.807) is 4.90 Å². The van der Waals surface area contributed by atoms with Crippen LogP contribution in [0.15, 0.2) is 16.8 Å². The van der Waals surface area contributed by atoms with E-state index in [1.165, 1.54) is 18.7 Å². The summed E-state index contributed by atoms with van der Waals surface area (Å²) in [4.78, 5) is 56.9. The number of hydrogen-bond acceptors (Lipinski definition) is 6. The van der Waals surface area contributed by atoms with Crippen molar-refractivity contribution >= 4 is 23.6 Å². The van der Waals surface area contributed by atoms with Crippen LogP contribution >= 0.6 is 0 Å². The third kappa shape index (κ3) is 8.60. The van der Waals surface area contributed by atoms with Crippen LogP contribution in [-0.2, 0) is 14.4 Å². The van der Waals surface area contributed by atoms with Gasteiger partial charge >= 0.3 is 0 Å². The molecule has 10 heteroatoms. The van der Waals surface area contributed by atoms with Crippen molar-refractivity contribution in [2.45, 2.75) is 135 Å². The first kappa shape index (κ1) is 33.0. The Morgan fingerprint density at radius 2 is 1.70 bits per heavy atom. The van der Waals surface area contributed by atoms with E-state index in [0.717, 1.165) is 57.8 Å². The zero-order chi connectivity index (χ0) is 31.1. The molecule has 1 aromatic heterocycles. The highest BCUT2D eigenvalue weighted by Crippen LogP contribution is 2.40. The van der Waals surface area contributed by atoms with Crippen LogP contribution in [0.1, 0.15) is 122 Å². The molecule has 2 saturated carbocycles. The Labute approximate surface area is 256 Å². The smallest absolute Gasteiger partial charge is 0.290 e. The lowest BCUT2D eigenvalue weighted by Crippen LogP contribution is -2.65. The molecule has 1 aromatic rings. The predicted molar refractivity (Wildman–Crippen MR) is 164 cm³/mol. The van der Waals surface area contributed by atoms with E-state index in [-0.39, 0.29) is 35.3 Å². The summed E-state index contributed by atoms with van der Waals surface area (Å²) in [5, 5.41) is 12.7. The SMILES string of the molecule is CC[C@H](C)[C@H](NC(=O)[C@H](CC1CCCCC1)NC(=O)c1ccno1)C(=O)N1CC[C@H]2CCCC[C@H]2[C@H]1C(=O)NC(C)(C)C. The van der Waals surface area contributed by atoms with Crippen LogP contribution in [0.5, 0.6) is 0 Å². The Kier molecular flexibility index (Phi) is 11.3. The third-order valence-corrected chi connectivity index (χ3v) is 9.85. The molecular weight excluding hydrogens is 546 g/mol. The summed E-state index contributed by atoms with van der Waals surface area (Å²) in [5.74, 6) is -0.462. The largest absolute Gasteiger partial charge is 0.351 e. The van der Waals surface area contributed by atoms with Crippen molar-refractivity contribution in [3.63, 3.8) is 0 Å². The molecule has 4 rings (SSSR count). The molecule has 0 radical (unpaired) electrons. The van der Waals surface area contributed by atoms with Crippen molar-refractivity contribution in [2.75, 3.05) is 6.54 Å². The average Bonchev–Trinajstić information content (AvgIpc) is 3.53. The monoisotopic (exact) mass is 599 g/mol. The maximum atomic E-state index is 14.4. The van der Waals surface area contributed by atoms with Gasteiger partial charge in [0.05, 0.1) is 6.20 Å². The quantitative estimate of drug-likeness (QED) is 0.360. The summed E-state index contributed by atoms with van der Waals surface area (Å²) in [6.07, 6.45) is 13.1. The van der Waals surface area contributed by atoms with Gasteiger partial charge in [0.25, 0.3) is 5.91 Å². The van der Waals surface area contributed by atoms with Crippen molar-refractivity contribution in [3.8, 4) is 0 Å². The Morgan fingerprint density at radius 3 is 2.35 bits per heavy atom. The molecule has 3 fully saturated rings. The zero-order valence-corrected chi connectivity index (χ0v) is 26.8. The van der Waals surface area contributed by atoms with E-state index in [1.807, 2.05) is 34.6 Å². The first-order valence-electron chi connectivity index (χ1n) is 16.6. The molecule has 0 unspecified atom stereocenters. The molecular formula is C33H53N5O5. The van der Waals surface area contributed by atoms with Gasteiger partial charge in [-0.15, -0.1) is 0 Å². The molecule has 43 heavy (non-hydrogen) atoms. The highest BCUT2D eigenvalue weighted by molar-refractivity contribution is 5.97. The molecule has 2 heterocycles. The lowest BCUT2D eigenvalue weighted by atomic mass is 9.70. The van der Waals surface area contributed by atoms with Crippen molar-refractivity contribution in [1.29, 1.82) is 0 Å². The van der Waals surface area contributed by atoms with Crippen LogP contribution in [0.2, 0.25) is 0 Å². The molecule has 3 aliphatic rings. The van der Waals surface area contributed by atoms with Crippen LogP contribution in [0.25, 0.3) is 0 Å². The topological polar surface area (TPSA) is 134 Å². The van der Waals surface area contributed by atoms with Gasteiger partial charge in [0.2, 0.25) is 23.5 Å². The van der Waals surface area contributed by atoms with E-state index in [2.05, 4.69) is 21.1 Å². The zero-order valence-electron chi connectivity index (χ0n) is 26.8. The Morgan fingerprint density at radius 1 is 1.00 bits per heavy atom. The number of likely N-dealkylation sites (tertiary alicyclic amines) is 1. The highest BCUT2D eigenvalue weighted by Gasteiger charge is 2.47. The minimum Gasteiger partial charge on any atom is -0.351 e.